The van der Waals surface area contributed by atoms with Crippen LogP contribution < -0.4 is 11.5 Å². The van der Waals surface area contributed by atoms with Gasteiger partial charge in [-0.25, -0.2) is 35.7 Å². The fourth-order valence-electron chi connectivity index (χ4n) is 3.51. The lowest BCUT2D eigenvalue weighted by Gasteiger charge is -2.09. The first-order chi connectivity index (χ1) is 24.2. The molecule has 0 unspecified atom stereocenters. The highest BCUT2D eigenvalue weighted by molar-refractivity contribution is 7.95. The smallest absolute Gasteiger partial charge is 0.397 e. The molecule has 3 aromatic rings. The Hall–Kier alpha value is -3.44. The van der Waals surface area contributed by atoms with Crippen LogP contribution >= 0.6 is 24.1 Å². The normalized spacial score (nSPS) is 13.0. The molecule has 0 radical (unpaired) electrons. The van der Waals surface area contributed by atoms with Gasteiger partial charge in [-0.3, -0.25) is 9.11 Å². The van der Waals surface area contributed by atoms with Crippen LogP contribution in [0.2, 0.25) is 0 Å². The summed E-state index contributed by atoms with van der Waals surface area (Å²) < 4.78 is 128. The van der Waals surface area contributed by atoms with Gasteiger partial charge in [-0.05, 0) is 48.5 Å². The molecule has 52 heavy (non-hydrogen) atoms. The lowest BCUT2D eigenvalue weighted by Crippen LogP contribution is -2.15. The Morgan fingerprint density at radius 3 is 1.27 bits per heavy atom. The van der Waals surface area contributed by atoms with Crippen LogP contribution in [0.15, 0.2) is 88.6 Å². The molecule has 0 aromatic heterocycles. The average molecular weight is 853 g/mol. The maximum absolute atomic E-state index is 12.6. The molecule has 3 rings (SSSR count). The molecule has 0 spiro atoms. The maximum Gasteiger partial charge on any atom is 0.397 e. The molecule has 0 fully saturated rings. The quantitative estimate of drug-likeness (QED) is 0.0235. The number of nitrogen functional groups attached to an aromatic ring is 2. The summed E-state index contributed by atoms with van der Waals surface area (Å²) in [6.45, 7) is -1.79. The molecule has 3 aromatic carbocycles. The van der Waals surface area contributed by atoms with E-state index in [4.69, 9.17) is 31.1 Å². The van der Waals surface area contributed by atoms with Gasteiger partial charge in [-0.1, -0.05) is 10.1 Å². The van der Waals surface area contributed by atoms with Crippen LogP contribution in [0.25, 0.3) is 0 Å². The first kappa shape index (κ1) is 43.0. The van der Waals surface area contributed by atoms with Crippen molar-refractivity contribution in [3.05, 3.63) is 48.5 Å². The Kier molecular flexibility index (Phi) is 15.3. The summed E-state index contributed by atoms with van der Waals surface area (Å²) in [5, 5.41) is 40.3. The van der Waals surface area contributed by atoms with Crippen molar-refractivity contribution in [2.45, 2.75) is 19.6 Å². The third-order valence-corrected chi connectivity index (χ3v) is 11.3. The van der Waals surface area contributed by atoms with Gasteiger partial charge in [0, 0.05) is 0 Å². The number of sulfone groups is 2. The van der Waals surface area contributed by atoms with Gasteiger partial charge in [-0.2, -0.15) is 16.8 Å². The second kappa shape index (κ2) is 18.5. The molecule has 30 heteroatoms. The van der Waals surface area contributed by atoms with E-state index < -0.39 is 65.2 Å². The van der Waals surface area contributed by atoms with Crippen LogP contribution in [0.3, 0.4) is 0 Å². The minimum absolute atomic E-state index is 0.0142. The molecule has 0 atom stereocenters. The van der Waals surface area contributed by atoms with E-state index in [9.17, 15) is 33.7 Å². The molecule has 0 bridgehead atoms. The number of hydrogen-bond acceptors (Lipinski definition) is 24. The van der Waals surface area contributed by atoms with Crippen LogP contribution in [0.1, 0.15) is 0 Å². The summed E-state index contributed by atoms with van der Waals surface area (Å²) in [5.74, 6) is -1.70. The molecule has 8 N–H and O–H groups in total. The van der Waals surface area contributed by atoms with Crippen LogP contribution in [0.4, 0.5) is 34.1 Å². The van der Waals surface area contributed by atoms with Gasteiger partial charge < -0.3 is 11.5 Å². The molecule has 0 aliphatic carbocycles. The van der Waals surface area contributed by atoms with Gasteiger partial charge in [0.05, 0.1) is 79.8 Å². The summed E-state index contributed by atoms with van der Waals surface area (Å²) in [6, 6.07) is 9.03. The first-order valence-corrected chi connectivity index (χ1v) is 20.6. The van der Waals surface area contributed by atoms with E-state index in [1.54, 1.807) is 0 Å². The van der Waals surface area contributed by atoms with Crippen molar-refractivity contribution in [2.24, 2.45) is 20.5 Å². The second-order valence-corrected chi connectivity index (χ2v) is 17.1. The van der Waals surface area contributed by atoms with Crippen molar-refractivity contribution in [3.63, 3.8) is 0 Å². The molecule has 0 saturated carbocycles. The van der Waals surface area contributed by atoms with E-state index in [1.165, 1.54) is 24.3 Å². The van der Waals surface area contributed by atoms with Gasteiger partial charge in [0.1, 0.15) is 22.7 Å². The van der Waals surface area contributed by atoms with Gasteiger partial charge in [0.25, 0.3) is 0 Å². The highest BCUT2D eigenvalue weighted by atomic mass is 32.3. The molecule has 0 aliphatic rings. The van der Waals surface area contributed by atoms with Crippen molar-refractivity contribution in [2.75, 3.05) is 36.2 Å². The highest BCUT2D eigenvalue weighted by Crippen LogP contribution is 2.39. The Morgan fingerprint density at radius 2 is 0.923 bits per heavy atom. The van der Waals surface area contributed by atoms with Gasteiger partial charge in [-0.15, -0.1) is 29.1 Å². The molecule has 286 valence electrons. The Morgan fingerprint density at radius 1 is 0.558 bits per heavy atom. The predicted octanol–water partition coefficient (Wildman–Crippen LogP) is 3.72. The van der Waals surface area contributed by atoms with E-state index in [1.807, 2.05) is 0 Å². The lowest BCUT2D eigenvalue weighted by atomic mass is 10.2. The summed E-state index contributed by atoms with van der Waals surface area (Å²) in [5.41, 5.74) is 11.8. The Labute approximate surface area is 302 Å². The summed E-state index contributed by atoms with van der Waals surface area (Å²) >= 11 is 0.626. The van der Waals surface area contributed by atoms with E-state index >= 15 is 0 Å². The number of rotatable bonds is 20. The molecular formula is C22H24N6O18S6. The first-order valence-electron chi connectivity index (χ1n) is 13.0. The van der Waals surface area contributed by atoms with E-state index in [-0.39, 0.29) is 53.7 Å². The molecule has 0 heterocycles. The van der Waals surface area contributed by atoms with Crippen LogP contribution in [-0.2, 0) is 67.6 Å². The van der Waals surface area contributed by atoms with Gasteiger partial charge >= 0.3 is 20.8 Å². The summed E-state index contributed by atoms with van der Waals surface area (Å²) in [7, 11) is -18.1. The number of nitrogens with zero attached hydrogens (tertiary/aromatic N) is 4. The Bertz CT molecular complexity index is 2100. The molecule has 24 nitrogen and oxygen atoms in total. The summed E-state index contributed by atoms with van der Waals surface area (Å²) in [4.78, 5) is -0.901. The minimum Gasteiger partial charge on any atom is -0.397 e. The van der Waals surface area contributed by atoms with Crippen molar-refractivity contribution >= 4 is 98.7 Å². The second-order valence-electron chi connectivity index (χ2n) is 9.22. The topological polar surface area (TPSA) is 374 Å². The van der Waals surface area contributed by atoms with Crippen LogP contribution in [0.5, 0.6) is 0 Å². The number of benzene rings is 3. The molecule has 0 aliphatic heterocycles. The fourth-order valence-corrected chi connectivity index (χ4v) is 7.63. The molecule has 0 saturated heterocycles. The van der Waals surface area contributed by atoms with Gasteiger partial charge in [0.15, 0.2) is 19.7 Å². The number of azo groups is 2. The van der Waals surface area contributed by atoms with E-state index in [0.717, 1.165) is 24.3 Å². The minimum atomic E-state index is -4.89. The monoisotopic (exact) mass is 852 g/mol. The van der Waals surface area contributed by atoms with Crippen LogP contribution in [-0.4, -0.2) is 78.0 Å². The average Bonchev–Trinajstić information content (AvgIpc) is 3.04. The zero-order chi connectivity index (χ0) is 38.7. The number of nitrogens with two attached hydrogens (primary N) is 2. The van der Waals surface area contributed by atoms with Crippen molar-refractivity contribution < 1.29 is 80.4 Å². The largest absolute Gasteiger partial charge is 0.397 e. The Balaban J connectivity index is 1.92. The predicted molar refractivity (Wildman–Crippen MR) is 177 cm³/mol. The fraction of sp³-hybridized carbons (Fsp3) is 0.182. The third kappa shape index (κ3) is 13.5. The standard InChI is InChI=1S/C22H24N6O18S6/c23-15-11-16(24)20(28-26-18-4-2-14(10-22(18)48-46-44-30)50(33,34)8-6-42-52(38,39)40)12-19(15)27-25-17-3-1-13(9-21(17)47-45-43-29)49(31,32)7-5-41-51(35,36)37/h1-4,9-12,29-30H,5-8,23-24H2,(H,35,36,37)(H,38,39,40). The lowest BCUT2D eigenvalue weighted by molar-refractivity contribution is -0.432. The third-order valence-electron chi connectivity index (χ3n) is 5.76. The van der Waals surface area contributed by atoms with E-state index in [2.05, 4.69) is 47.6 Å². The highest BCUT2D eigenvalue weighted by Gasteiger charge is 2.21. The zero-order valence-corrected chi connectivity index (χ0v) is 30.2. The van der Waals surface area contributed by atoms with Crippen molar-refractivity contribution in [1.82, 2.24) is 0 Å². The number of anilines is 2. The van der Waals surface area contributed by atoms with Crippen molar-refractivity contribution in [3.8, 4) is 0 Å². The van der Waals surface area contributed by atoms with Crippen molar-refractivity contribution in [1.29, 1.82) is 0 Å². The number of hydrogen-bond donors (Lipinski definition) is 6. The SMILES string of the molecule is Nc1cc(N)c(N=Nc2ccc(S(=O)(=O)CCOS(=O)(=O)O)cc2SOOO)cc1N=Nc1ccc(S(=O)(=O)CCOS(=O)(=O)O)cc1SOOO. The molecule has 0 amide bonds. The van der Waals surface area contributed by atoms with Crippen LogP contribution in [0, 0.1) is 0 Å². The van der Waals surface area contributed by atoms with E-state index in [0.29, 0.717) is 24.1 Å². The zero-order valence-electron chi connectivity index (χ0n) is 25.3. The maximum atomic E-state index is 12.6. The summed E-state index contributed by atoms with van der Waals surface area (Å²) in [6.07, 6.45) is 0. The van der Waals surface area contributed by atoms with Gasteiger partial charge in [0.2, 0.25) is 0 Å². The molecular weight excluding hydrogens is 829 g/mol.